The molecular formula is C18H26FN3O3. The molecule has 0 aromatic heterocycles. The average Bonchev–Trinajstić information content (AvgIpc) is 2.64. The Kier molecular flexibility index (Phi) is 7.50. The minimum atomic E-state index is -0.317. The molecule has 1 aliphatic rings. The maximum atomic E-state index is 13.1. The molecule has 7 heteroatoms. The molecule has 0 spiro atoms. The van der Waals surface area contributed by atoms with Gasteiger partial charge in [-0.3, -0.25) is 4.79 Å². The first-order valence-electron chi connectivity index (χ1n) is 8.63. The molecule has 1 aromatic rings. The lowest BCUT2D eigenvalue weighted by Gasteiger charge is -2.33. The lowest BCUT2D eigenvalue weighted by atomic mass is 9.97. The maximum absolute atomic E-state index is 13.1. The molecule has 0 amide bonds. The van der Waals surface area contributed by atoms with Gasteiger partial charge in [0.25, 0.3) is 0 Å². The lowest BCUT2D eigenvalue weighted by Crippen LogP contribution is -2.46. The van der Waals surface area contributed by atoms with Crippen molar-refractivity contribution in [2.75, 3.05) is 39.9 Å². The predicted molar refractivity (Wildman–Crippen MR) is 94.2 cm³/mol. The zero-order valence-electron chi connectivity index (χ0n) is 14.8. The number of esters is 1. The van der Waals surface area contributed by atoms with Crippen LogP contribution < -0.4 is 10.1 Å². The summed E-state index contributed by atoms with van der Waals surface area (Å²) < 4.78 is 23.4. The number of carbonyl (C=O) groups is 1. The molecule has 1 N–H and O–H groups in total. The summed E-state index contributed by atoms with van der Waals surface area (Å²) in [5.41, 5.74) is 0. The second kappa shape index (κ2) is 9.86. The van der Waals surface area contributed by atoms with Crippen LogP contribution in [0.25, 0.3) is 0 Å². The van der Waals surface area contributed by atoms with Gasteiger partial charge in [0.1, 0.15) is 18.2 Å². The SMILES string of the molecule is CCNC(=NCCOc1cccc(F)c1)N1CCC(C(=O)OC)CC1. The van der Waals surface area contributed by atoms with E-state index >= 15 is 0 Å². The highest BCUT2D eigenvalue weighted by atomic mass is 19.1. The van der Waals surface area contributed by atoms with E-state index in [1.807, 2.05) is 6.92 Å². The molecule has 0 atom stereocenters. The highest BCUT2D eigenvalue weighted by molar-refractivity contribution is 5.80. The van der Waals surface area contributed by atoms with E-state index in [0.717, 1.165) is 38.4 Å². The summed E-state index contributed by atoms with van der Waals surface area (Å²) in [6.07, 6.45) is 1.52. The predicted octanol–water partition coefficient (Wildman–Crippen LogP) is 2.05. The van der Waals surface area contributed by atoms with E-state index in [9.17, 15) is 9.18 Å². The van der Waals surface area contributed by atoms with E-state index in [-0.39, 0.29) is 17.7 Å². The number of aliphatic imine (C=N–C) groups is 1. The van der Waals surface area contributed by atoms with E-state index in [1.165, 1.54) is 19.2 Å². The van der Waals surface area contributed by atoms with Gasteiger partial charge in [0.05, 0.1) is 19.6 Å². The first-order valence-corrected chi connectivity index (χ1v) is 8.63. The molecule has 1 aromatic carbocycles. The minimum Gasteiger partial charge on any atom is -0.492 e. The van der Waals surface area contributed by atoms with Crippen molar-refractivity contribution in [1.29, 1.82) is 0 Å². The van der Waals surface area contributed by atoms with E-state index < -0.39 is 0 Å². The number of nitrogens with zero attached hydrogens (tertiary/aromatic N) is 2. The van der Waals surface area contributed by atoms with Crippen LogP contribution in [0.15, 0.2) is 29.3 Å². The molecule has 0 unspecified atom stereocenters. The van der Waals surface area contributed by atoms with Crippen molar-refractivity contribution in [2.24, 2.45) is 10.9 Å². The number of halogens is 1. The summed E-state index contributed by atoms with van der Waals surface area (Å²) in [6, 6.07) is 6.07. The molecule has 1 fully saturated rings. The number of ether oxygens (including phenoxy) is 2. The smallest absolute Gasteiger partial charge is 0.308 e. The number of hydrogen-bond acceptors (Lipinski definition) is 4. The van der Waals surface area contributed by atoms with Gasteiger partial charge >= 0.3 is 5.97 Å². The fraction of sp³-hybridized carbons (Fsp3) is 0.556. The molecule has 1 heterocycles. The molecular weight excluding hydrogens is 325 g/mol. The minimum absolute atomic E-state index is 0.0274. The van der Waals surface area contributed by atoms with Crippen molar-refractivity contribution in [1.82, 2.24) is 10.2 Å². The third kappa shape index (κ3) is 5.92. The summed E-state index contributed by atoms with van der Waals surface area (Å²) in [5, 5.41) is 3.26. The van der Waals surface area contributed by atoms with E-state index in [2.05, 4.69) is 15.2 Å². The molecule has 138 valence electrons. The first kappa shape index (κ1) is 19.0. The van der Waals surface area contributed by atoms with Gasteiger partial charge in [-0.25, -0.2) is 9.38 Å². The summed E-state index contributed by atoms with van der Waals surface area (Å²) >= 11 is 0. The monoisotopic (exact) mass is 351 g/mol. The van der Waals surface area contributed by atoms with Crippen LogP contribution in [0.4, 0.5) is 4.39 Å². The number of guanidine groups is 1. The first-order chi connectivity index (χ1) is 12.1. The van der Waals surface area contributed by atoms with Gasteiger partial charge in [0, 0.05) is 25.7 Å². The van der Waals surface area contributed by atoms with Crippen LogP contribution in [0.5, 0.6) is 5.75 Å². The molecule has 0 saturated carbocycles. The van der Waals surface area contributed by atoms with Crippen molar-refractivity contribution in [2.45, 2.75) is 19.8 Å². The maximum Gasteiger partial charge on any atom is 0.308 e. The molecule has 2 rings (SSSR count). The van der Waals surface area contributed by atoms with Crippen LogP contribution in [-0.2, 0) is 9.53 Å². The van der Waals surface area contributed by atoms with Gasteiger partial charge in [-0.2, -0.15) is 0 Å². The fourth-order valence-corrected chi connectivity index (χ4v) is 2.79. The summed E-state index contributed by atoms with van der Waals surface area (Å²) in [7, 11) is 1.43. The molecule has 0 radical (unpaired) electrons. The Morgan fingerprint density at radius 3 is 2.80 bits per heavy atom. The van der Waals surface area contributed by atoms with Gasteiger partial charge < -0.3 is 19.7 Å². The van der Waals surface area contributed by atoms with Gasteiger partial charge in [-0.05, 0) is 31.9 Å². The number of carbonyl (C=O) groups excluding carboxylic acids is 1. The van der Waals surface area contributed by atoms with Crippen LogP contribution in [0.3, 0.4) is 0 Å². The van der Waals surface area contributed by atoms with Crippen LogP contribution in [0, 0.1) is 11.7 Å². The number of methoxy groups -OCH3 is 1. The Balaban J connectivity index is 1.83. The van der Waals surface area contributed by atoms with Gasteiger partial charge in [0.15, 0.2) is 5.96 Å². The Morgan fingerprint density at radius 1 is 1.40 bits per heavy atom. The average molecular weight is 351 g/mol. The second-order valence-corrected chi connectivity index (χ2v) is 5.83. The van der Waals surface area contributed by atoms with Crippen LogP contribution in [0.2, 0.25) is 0 Å². The molecule has 6 nitrogen and oxygen atoms in total. The number of piperidine rings is 1. The van der Waals surface area contributed by atoms with Gasteiger partial charge in [-0.1, -0.05) is 6.07 Å². The second-order valence-electron chi connectivity index (χ2n) is 5.83. The summed E-state index contributed by atoms with van der Waals surface area (Å²) in [4.78, 5) is 18.3. The zero-order valence-corrected chi connectivity index (χ0v) is 14.8. The standard InChI is InChI=1S/C18H26FN3O3/c1-3-20-18(22-10-7-14(8-11-22)17(23)24-2)21-9-12-25-16-6-4-5-15(19)13-16/h4-6,13-14H,3,7-12H2,1-2H3,(H,20,21). The van der Waals surface area contributed by atoms with Gasteiger partial charge in [-0.15, -0.1) is 0 Å². The van der Waals surface area contributed by atoms with E-state index in [0.29, 0.717) is 18.9 Å². The number of nitrogens with one attached hydrogen (secondary N) is 1. The number of rotatable bonds is 6. The van der Waals surface area contributed by atoms with Crippen LogP contribution in [-0.4, -0.2) is 56.7 Å². The number of benzene rings is 1. The summed E-state index contributed by atoms with van der Waals surface area (Å²) in [6.45, 7) is 5.14. The highest BCUT2D eigenvalue weighted by Gasteiger charge is 2.26. The molecule has 0 bridgehead atoms. The molecule has 1 saturated heterocycles. The van der Waals surface area contributed by atoms with Crippen molar-refractivity contribution >= 4 is 11.9 Å². The van der Waals surface area contributed by atoms with Crippen molar-refractivity contribution < 1.29 is 18.7 Å². The third-order valence-corrected chi connectivity index (χ3v) is 4.08. The largest absolute Gasteiger partial charge is 0.492 e. The third-order valence-electron chi connectivity index (χ3n) is 4.08. The van der Waals surface area contributed by atoms with Crippen LogP contribution in [0.1, 0.15) is 19.8 Å². The molecule has 1 aliphatic heterocycles. The quantitative estimate of drug-likeness (QED) is 0.368. The van der Waals surface area contributed by atoms with Crippen LogP contribution >= 0.6 is 0 Å². The Morgan fingerprint density at radius 2 is 2.16 bits per heavy atom. The van der Waals surface area contributed by atoms with Crippen molar-refractivity contribution in [3.63, 3.8) is 0 Å². The lowest BCUT2D eigenvalue weighted by molar-refractivity contribution is -0.146. The Labute approximate surface area is 148 Å². The highest BCUT2D eigenvalue weighted by Crippen LogP contribution is 2.18. The van der Waals surface area contributed by atoms with Gasteiger partial charge in [0.2, 0.25) is 0 Å². The Hall–Kier alpha value is -2.31. The van der Waals surface area contributed by atoms with E-state index in [1.54, 1.807) is 12.1 Å². The summed E-state index contributed by atoms with van der Waals surface area (Å²) in [5.74, 6) is 0.834. The number of likely N-dealkylation sites (tertiary alicyclic amines) is 1. The fourth-order valence-electron chi connectivity index (χ4n) is 2.79. The number of hydrogen-bond donors (Lipinski definition) is 1. The molecule has 25 heavy (non-hydrogen) atoms. The molecule has 0 aliphatic carbocycles. The topological polar surface area (TPSA) is 63.2 Å². The zero-order chi connectivity index (χ0) is 18.1. The van der Waals surface area contributed by atoms with Crippen molar-refractivity contribution in [3.05, 3.63) is 30.1 Å². The van der Waals surface area contributed by atoms with E-state index in [4.69, 9.17) is 9.47 Å². The van der Waals surface area contributed by atoms with Crippen molar-refractivity contribution in [3.8, 4) is 5.75 Å². The normalized spacial score (nSPS) is 15.8. The Bertz CT molecular complexity index is 587.